The lowest BCUT2D eigenvalue weighted by Crippen LogP contribution is -2.53. The van der Waals surface area contributed by atoms with E-state index in [2.05, 4.69) is 0 Å². The maximum atomic E-state index is 12.5. The molecule has 1 aliphatic heterocycles. The van der Waals surface area contributed by atoms with Crippen LogP contribution in [0, 0.1) is 0 Å². The van der Waals surface area contributed by atoms with Crippen LogP contribution in [-0.4, -0.2) is 35.0 Å². The Morgan fingerprint density at radius 3 is 2.70 bits per heavy atom. The average Bonchev–Trinajstić information content (AvgIpc) is 2.69. The van der Waals surface area contributed by atoms with Gasteiger partial charge in [-0.15, -0.1) is 0 Å². The van der Waals surface area contributed by atoms with E-state index in [4.69, 9.17) is 5.73 Å². The highest BCUT2D eigenvalue weighted by atomic mass is 16.3. The molecule has 2 amide bonds. The molecule has 1 aliphatic rings. The first kappa shape index (κ1) is 14.5. The smallest absolute Gasteiger partial charge is 0.255 e. The van der Waals surface area contributed by atoms with Crippen LogP contribution in [0.25, 0.3) is 0 Å². The number of aliphatic hydroxyl groups is 1. The van der Waals surface area contributed by atoms with Gasteiger partial charge < -0.3 is 15.7 Å². The van der Waals surface area contributed by atoms with Crippen molar-refractivity contribution in [1.29, 1.82) is 0 Å². The number of nitrogens with two attached hydrogens (primary N) is 1. The van der Waals surface area contributed by atoms with Crippen LogP contribution >= 0.6 is 0 Å². The van der Waals surface area contributed by atoms with Gasteiger partial charge in [0.2, 0.25) is 5.91 Å². The van der Waals surface area contributed by atoms with Crippen LogP contribution < -0.4 is 5.73 Å². The number of carbonyl (C=O) groups is 2. The predicted molar refractivity (Wildman–Crippen MR) is 75.0 cm³/mol. The molecule has 108 valence electrons. The zero-order valence-electron chi connectivity index (χ0n) is 11.6. The molecule has 0 bridgehead atoms. The number of carbonyl (C=O) groups excluding carboxylic acids is 2. The van der Waals surface area contributed by atoms with Crippen molar-refractivity contribution in [3.8, 4) is 0 Å². The van der Waals surface area contributed by atoms with Gasteiger partial charge in [-0.2, -0.15) is 0 Å². The highest BCUT2D eigenvalue weighted by Gasteiger charge is 2.52. The topological polar surface area (TPSA) is 83.6 Å². The van der Waals surface area contributed by atoms with Crippen LogP contribution in [0.2, 0.25) is 0 Å². The molecular formula is C15H20N2O3. The molecule has 1 heterocycles. The fourth-order valence-electron chi connectivity index (χ4n) is 2.98. The van der Waals surface area contributed by atoms with Gasteiger partial charge in [0, 0.05) is 12.1 Å². The SMILES string of the molecule is CCCCC1(C(N)=O)c2ccccc2C(=O)N1CCO. The molecule has 0 saturated heterocycles. The van der Waals surface area contributed by atoms with Gasteiger partial charge in [0.05, 0.1) is 6.61 Å². The van der Waals surface area contributed by atoms with Crippen LogP contribution in [0.4, 0.5) is 0 Å². The molecule has 0 saturated carbocycles. The number of benzene rings is 1. The van der Waals surface area contributed by atoms with E-state index in [1.54, 1.807) is 24.3 Å². The number of rotatable bonds is 6. The van der Waals surface area contributed by atoms with E-state index in [-0.39, 0.29) is 19.1 Å². The lowest BCUT2D eigenvalue weighted by molar-refractivity contribution is -0.129. The largest absolute Gasteiger partial charge is 0.395 e. The lowest BCUT2D eigenvalue weighted by Gasteiger charge is -2.36. The quantitative estimate of drug-likeness (QED) is 0.813. The van der Waals surface area contributed by atoms with Gasteiger partial charge in [-0.3, -0.25) is 9.59 Å². The number of β-amino-alcohol motifs (C(OH)–C–C–N with tert-alkyl or cyclic N) is 1. The van der Waals surface area contributed by atoms with Crippen LogP contribution in [0.5, 0.6) is 0 Å². The van der Waals surface area contributed by atoms with E-state index in [1.165, 1.54) is 4.90 Å². The Morgan fingerprint density at radius 2 is 2.10 bits per heavy atom. The maximum absolute atomic E-state index is 12.5. The van der Waals surface area contributed by atoms with Gasteiger partial charge in [-0.25, -0.2) is 0 Å². The van der Waals surface area contributed by atoms with Gasteiger partial charge in [-0.1, -0.05) is 38.0 Å². The van der Waals surface area contributed by atoms with E-state index in [0.717, 1.165) is 12.8 Å². The normalized spacial score (nSPS) is 21.1. The highest BCUT2D eigenvalue weighted by Crippen LogP contribution is 2.42. The summed E-state index contributed by atoms with van der Waals surface area (Å²) < 4.78 is 0. The summed E-state index contributed by atoms with van der Waals surface area (Å²) in [5.74, 6) is -0.762. The molecule has 5 nitrogen and oxygen atoms in total. The van der Waals surface area contributed by atoms with Gasteiger partial charge in [0.25, 0.3) is 5.91 Å². The lowest BCUT2D eigenvalue weighted by atomic mass is 9.84. The first-order valence-electron chi connectivity index (χ1n) is 6.91. The minimum atomic E-state index is -1.12. The third-order valence-corrected chi connectivity index (χ3v) is 3.93. The van der Waals surface area contributed by atoms with Crippen LogP contribution in [0.3, 0.4) is 0 Å². The molecule has 2 rings (SSSR count). The van der Waals surface area contributed by atoms with Crippen molar-refractivity contribution in [1.82, 2.24) is 4.90 Å². The van der Waals surface area contributed by atoms with E-state index in [9.17, 15) is 14.7 Å². The van der Waals surface area contributed by atoms with Crippen molar-refractivity contribution in [2.24, 2.45) is 5.73 Å². The van der Waals surface area contributed by atoms with Crippen molar-refractivity contribution in [3.63, 3.8) is 0 Å². The molecule has 1 aromatic carbocycles. The first-order valence-corrected chi connectivity index (χ1v) is 6.91. The predicted octanol–water partition coefficient (Wildman–Crippen LogP) is 1.01. The number of amides is 2. The second kappa shape index (κ2) is 5.63. The van der Waals surface area contributed by atoms with Crippen molar-refractivity contribution >= 4 is 11.8 Å². The van der Waals surface area contributed by atoms with Crippen LogP contribution in [-0.2, 0) is 10.3 Å². The highest BCUT2D eigenvalue weighted by molar-refractivity contribution is 6.06. The van der Waals surface area contributed by atoms with Crippen LogP contribution in [0.15, 0.2) is 24.3 Å². The number of unbranched alkanes of at least 4 members (excludes halogenated alkanes) is 1. The number of nitrogens with zero attached hydrogens (tertiary/aromatic N) is 1. The molecule has 1 unspecified atom stereocenters. The molecule has 3 N–H and O–H groups in total. The molecule has 0 radical (unpaired) electrons. The van der Waals surface area contributed by atoms with E-state index in [1.807, 2.05) is 6.92 Å². The molecule has 1 atom stereocenters. The first-order chi connectivity index (χ1) is 9.59. The summed E-state index contributed by atoms with van der Waals surface area (Å²) in [7, 11) is 0. The fourth-order valence-corrected chi connectivity index (χ4v) is 2.98. The minimum Gasteiger partial charge on any atom is -0.395 e. The van der Waals surface area contributed by atoms with Gasteiger partial charge in [0.1, 0.15) is 5.54 Å². The minimum absolute atomic E-state index is 0.111. The van der Waals surface area contributed by atoms with Gasteiger partial charge in [-0.05, 0) is 18.1 Å². The summed E-state index contributed by atoms with van der Waals surface area (Å²) >= 11 is 0. The van der Waals surface area contributed by atoms with E-state index < -0.39 is 11.4 Å². The Bertz CT molecular complexity index is 530. The zero-order valence-corrected chi connectivity index (χ0v) is 11.6. The Labute approximate surface area is 118 Å². The monoisotopic (exact) mass is 276 g/mol. The maximum Gasteiger partial charge on any atom is 0.255 e. The van der Waals surface area contributed by atoms with Gasteiger partial charge >= 0.3 is 0 Å². The molecule has 5 heteroatoms. The molecule has 0 fully saturated rings. The molecule has 0 aliphatic carbocycles. The standard InChI is InChI=1S/C15H20N2O3/c1-2-3-8-15(14(16)20)12-7-5-4-6-11(12)13(19)17(15)9-10-18/h4-7,18H,2-3,8-10H2,1H3,(H2,16,20). The Kier molecular flexibility index (Phi) is 4.09. The summed E-state index contributed by atoms with van der Waals surface area (Å²) in [5.41, 5.74) is 5.71. The summed E-state index contributed by atoms with van der Waals surface area (Å²) in [6.45, 7) is 1.94. The molecule has 0 aromatic heterocycles. The van der Waals surface area contributed by atoms with Crippen molar-refractivity contribution in [2.75, 3.05) is 13.2 Å². The van der Waals surface area contributed by atoms with Gasteiger partial charge in [0.15, 0.2) is 0 Å². The fraction of sp³-hybridized carbons (Fsp3) is 0.467. The second-order valence-electron chi connectivity index (χ2n) is 5.05. The van der Waals surface area contributed by atoms with Crippen molar-refractivity contribution < 1.29 is 14.7 Å². The Morgan fingerprint density at radius 1 is 1.40 bits per heavy atom. The number of hydrogen-bond donors (Lipinski definition) is 2. The Balaban J connectivity index is 2.59. The summed E-state index contributed by atoms with van der Waals surface area (Å²) in [4.78, 5) is 26.1. The summed E-state index contributed by atoms with van der Waals surface area (Å²) in [5, 5.41) is 9.22. The van der Waals surface area contributed by atoms with E-state index >= 15 is 0 Å². The Hall–Kier alpha value is -1.88. The third-order valence-electron chi connectivity index (χ3n) is 3.93. The molecule has 20 heavy (non-hydrogen) atoms. The summed E-state index contributed by atoms with van der Waals surface area (Å²) in [6, 6.07) is 7.06. The molecule has 0 spiro atoms. The number of primary amides is 1. The van der Waals surface area contributed by atoms with Crippen molar-refractivity contribution in [2.45, 2.75) is 31.7 Å². The van der Waals surface area contributed by atoms with Crippen molar-refractivity contribution in [3.05, 3.63) is 35.4 Å². The number of hydrogen-bond acceptors (Lipinski definition) is 3. The third kappa shape index (κ3) is 1.98. The second-order valence-corrected chi connectivity index (χ2v) is 5.05. The number of fused-ring (bicyclic) bond motifs is 1. The number of aliphatic hydroxyl groups excluding tert-OH is 1. The average molecular weight is 276 g/mol. The summed E-state index contributed by atoms with van der Waals surface area (Å²) in [6.07, 6.45) is 2.17. The molecular weight excluding hydrogens is 256 g/mol. The zero-order chi connectivity index (χ0) is 14.8. The van der Waals surface area contributed by atoms with E-state index in [0.29, 0.717) is 17.5 Å². The van der Waals surface area contributed by atoms with Crippen LogP contribution in [0.1, 0.15) is 42.1 Å². The molecule has 1 aromatic rings.